The summed E-state index contributed by atoms with van der Waals surface area (Å²) >= 11 is 1.55. The Kier molecular flexibility index (Phi) is 4.58. The highest BCUT2D eigenvalue weighted by Gasteiger charge is 2.13. The zero-order valence-electron chi connectivity index (χ0n) is 11.8. The lowest BCUT2D eigenvalue weighted by atomic mass is 10.1. The maximum atomic E-state index is 13.7. The number of carbonyl (C=O) groups is 1. The van der Waals surface area contributed by atoms with E-state index in [2.05, 4.69) is 10.3 Å². The van der Waals surface area contributed by atoms with Gasteiger partial charge < -0.3 is 9.73 Å². The van der Waals surface area contributed by atoms with Crippen molar-refractivity contribution >= 4 is 22.8 Å². The highest BCUT2D eigenvalue weighted by Crippen LogP contribution is 2.25. The maximum Gasteiger partial charge on any atom is 0.226 e. The van der Waals surface area contributed by atoms with Crippen LogP contribution in [0, 0.1) is 5.82 Å². The Morgan fingerprint density at radius 1 is 1.32 bits per heavy atom. The molecule has 2 heterocycles. The molecule has 0 saturated carbocycles. The first-order chi connectivity index (χ1) is 10.7. The van der Waals surface area contributed by atoms with Gasteiger partial charge in [-0.05, 0) is 24.3 Å². The van der Waals surface area contributed by atoms with E-state index in [1.54, 1.807) is 42.1 Å². The second kappa shape index (κ2) is 6.79. The minimum Gasteiger partial charge on any atom is -0.461 e. The molecule has 0 spiro atoms. The molecule has 0 atom stereocenters. The van der Waals surface area contributed by atoms with Gasteiger partial charge >= 0.3 is 0 Å². The largest absolute Gasteiger partial charge is 0.461 e. The monoisotopic (exact) mass is 318 g/mol. The van der Waals surface area contributed by atoms with E-state index in [0.717, 1.165) is 12.3 Å². The summed E-state index contributed by atoms with van der Waals surface area (Å²) in [5, 5.41) is 3.46. The van der Waals surface area contributed by atoms with Gasteiger partial charge in [0.25, 0.3) is 0 Å². The van der Waals surface area contributed by atoms with Crippen molar-refractivity contribution in [2.45, 2.75) is 12.8 Å². The zero-order chi connectivity index (χ0) is 15.4. The van der Waals surface area contributed by atoms with E-state index in [-0.39, 0.29) is 11.7 Å². The number of amidine groups is 1. The molecule has 0 fully saturated rings. The van der Waals surface area contributed by atoms with Crippen LogP contribution in [0.1, 0.15) is 12.2 Å². The van der Waals surface area contributed by atoms with Crippen molar-refractivity contribution in [3.05, 3.63) is 48.0 Å². The van der Waals surface area contributed by atoms with Crippen molar-refractivity contribution in [1.29, 1.82) is 0 Å². The Labute approximate surface area is 131 Å². The van der Waals surface area contributed by atoms with Gasteiger partial charge in [-0.25, -0.2) is 4.39 Å². The number of benzene rings is 1. The van der Waals surface area contributed by atoms with Gasteiger partial charge in [0.05, 0.1) is 12.1 Å². The number of amides is 1. The number of carbonyl (C=O) groups excluding carboxylic acids is 1. The number of nitrogens with zero attached hydrogens (tertiary/aromatic N) is 1. The Morgan fingerprint density at radius 2 is 2.18 bits per heavy atom. The number of halogens is 1. The molecule has 0 saturated heterocycles. The van der Waals surface area contributed by atoms with Gasteiger partial charge in [0.15, 0.2) is 5.17 Å². The van der Waals surface area contributed by atoms with Crippen LogP contribution in [0.25, 0.3) is 11.3 Å². The molecule has 1 aliphatic heterocycles. The molecule has 1 amide bonds. The first-order valence-electron chi connectivity index (χ1n) is 7.03. The number of aryl methyl sites for hydroxylation is 1. The SMILES string of the molecule is O=C(CCc1ccc(-c2ccccc2F)o1)NC1=NCCS1. The molecule has 0 aliphatic carbocycles. The van der Waals surface area contributed by atoms with E-state index in [1.165, 1.54) is 6.07 Å². The standard InChI is InChI=1S/C16H15FN2O2S/c17-13-4-2-1-3-12(13)14-7-5-11(21-14)6-8-15(20)19-16-18-9-10-22-16/h1-5,7H,6,8-10H2,(H,18,19,20). The molecule has 0 unspecified atom stereocenters. The molecule has 4 nitrogen and oxygen atoms in total. The van der Waals surface area contributed by atoms with Crippen LogP contribution < -0.4 is 5.32 Å². The second-order valence-corrected chi connectivity index (χ2v) is 5.91. The first-order valence-corrected chi connectivity index (χ1v) is 8.01. The third kappa shape index (κ3) is 3.57. The Balaban J connectivity index is 1.58. The normalized spacial score (nSPS) is 14.0. The minimum atomic E-state index is -0.322. The first kappa shape index (κ1) is 14.8. The molecule has 3 rings (SSSR count). The fourth-order valence-corrected chi connectivity index (χ4v) is 2.89. The van der Waals surface area contributed by atoms with E-state index in [4.69, 9.17) is 4.42 Å². The van der Waals surface area contributed by atoms with E-state index in [1.807, 2.05) is 0 Å². The summed E-state index contributed by atoms with van der Waals surface area (Å²) in [5.41, 5.74) is 0.426. The molecule has 1 N–H and O–H groups in total. The fraction of sp³-hybridized carbons (Fsp3) is 0.250. The summed E-state index contributed by atoms with van der Waals surface area (Å²) in [6, 6.07) is 9.95. The topological polar surface area (TPSA) is 54.6 Å². The van der Waals surface area contributed by atoms with Crippen molar-refractivity contribution < 1.29 is 13.6 Å². The minimum absolute atomic E-state index is 0.0861. The van der Waals surface area contributed by atoms with Gasteiger partial charge in [0.2, 0.25) is 5.91 Å². The molecule has 2 aromatic rings. The van der Waals surface area contributed by atoms with Crippen molar-refractivity contribution in [2.24, 2.45) is 4.99 Å². The number of hydrogen-bond donors (Lipinski definition) is 1. The highest BCUT2D eigenvalue weighted by molar-refractivity contribution is 8.14. The highest BCUT2D eigenvalue weighted by atomic mass is 32.2. The van der Waals surface area contributed by atoms with Crippen LogP contribution in [0.4, 0.5) is 4.39 Å². The van der Waals surface area contributed by atoms with Gasteiger partial charge in [-0.3, -0.25) is 9.79 Å². The number of thioether (sulfide) groups is 1. The van der Waals surface area contributed by atoms with Gasteiger partial charge in [-0.1, -0.05) is 23.9 Å². The molecule has 1 aromatic heterocycles. The smallest absolute Gasteiger partial charge is 0.226 e. The van der Waals surface area contributed by atoms with Gasteiger partial charge in [-0.15, -0.1) is 0 Å². The fourth-order valence-electron chi connectivity index (χ4n) is 2.15. The Bertz CT molecular complexity index is 712. The van der Waals surface area contributed by atoms with Crippen LogP contribution in [-0.2, 0) is 11.2 Å². The summed E-state index contributed by atoms with van der Waals surface area (Å²) in [7, 11) is 0. The Morgan fingerprint density at radius 3 is 2.95 bits per heavy atom. The predicted molar refractivity (Wildman–Crippen MR) is 85.3 cm³/mol. The van der Waals surface area contributed by atoms with E-state index in [9.17, 15) is 9.18 Å². The average molecular weight is 318 g/mol. The van der Waals surface area contributed by atoms with Crippen LogP contribution >= 0.6 is 11.8 Å². The third-order valence-electron chi connectivity index (χ3n) is 3.23. The Hall–Kier alpha value is -2.08. The predicted octanol–water partition coefficient (Wildman–Crippen LogP) is 3.24. The zero-order valence-corrected chi connectivity index (χ0v) is 12.7. The van der Waals surface area contributed by atoms with Gasteiger partial charge in [0.1, 0.15) is 17.3 Å². The van der Waals surface area contributed by atoms with Gasteiger partial charge in [0, 0.05) is 18.6 Å². The number of hydrogen-bond acceptors (Lipinski definition) is 4. The van der Waals surface area contributed by atoms with Crippen molar-refractivity contribution in [3.8, 4) is 11.3 Å². The third-order valence-corrected chi connectivity index (χ3v) is 4.12. The van der Waals surface area contributed by atoms with Crippen molar-refractivity contribution in [1.82, 2.24) is 5.32 Å². The van der Waals surface area contributed by atoms with Crippen LogP contribution in [0.2, 0.25) is 0 Å². The van der Waals surface area contributed by atoms with E-state index >= 15 is 0 Å². The van der Waals surface area contributed by atoms with Crippen LogP contribution in [0.5, 0.6) is 0 Å². The lowest BCUT2D eigenvalue weighted by molar-refractivity contribution is -0.119. The number of rotatable bonds is 4. The summed E-state index contributed by atoms with van der Waals surface area (Å²) < 4.78 is 19.3. The maximum absolute atomic E-state index is 13.7. The van der Waals surface area contributed by atoms with E-state index in [0.29, 0.717) is 35.1 Å². The molecule has 0 radical (unpaired) electrons. The molecule has 6 heteroatoms. The average Bonchev–Trinajstić information content (AvgIpc) is 3.17. The molecular formula is C16H15FN2O2S. The number of aliphatic imine (C=N–C) groups is 1. The van der Waals surface area contributed by atoms with Crippen LogP contribution in [-0.4, -0.2) is 23.4 Å². The number of furan rings is 1. The lowest BCUT2D eigenvalue weighted by Gasteiger charge is -2.02. The molecule has 1 aromatic carbocycles. The summed E-state index contributed by atoms with van der Waals surface area (Å²) in [6.45, 7) is 0.754. The summed E-state index contributed by atoms with van der Waals surface area (Å²) in [4.78, 5) is 16.0. The molecular weight excluding hydrogens is 303 g/mol. The second-order valence-electron chi connectivity index (χ2n) is 4.83. The van der Waals surface area contributed by atoms with Crippen molar-refractivity contribution in [2.75, 3.05) is 12.3 Å². The lowest BCUT2D eigenvalue weighted by Crippen LogP contribution is -2.27. The summed E-state index contributed by atoms with van der Waals surface area (Å²) in [5.74, 6) is 1.65. The van der Waals surface area contributed by atoms with E-state index < -0.39 is 0 Å². The van der Waals surface area contributed by atoms with Crippen molar-refractivity contribution in [3.63, 3.8) is 0 Å². The molecule has 22 heavy (non-hydrogen) atoms. The van der Waals surface area contributed by atoms with Crippen LogP contribution in [0.15, 0.2) is 45.8 Å². The van der Waals surface area contributed by atoms with Crippen LogP contribution in [0.3, 0.4) is 0 Å². The molecule has 1 aliphatic rings. The molecule has 114 valence electrons. The molecule has 0 bridgehead atoms. The summed E-state index contributed by atoms with van der Waals surface area (Å²) in [6.07, 6.45) is 0.780. The number of nitrogens with one attached hydrogen (secondary N) is 1. The van der Waals surface area contributed by atoms with Gasteiger partial charge in [-0.2, -0.15) is 0 Å². The quantitative estimate of drug-likeness (QED) is 0.941.